The number of hydrogen-bond acceptors (Lipinski definition) is 2. The average Bonchev–Trinajstić information content (AvgIpc) is 1.21. The molecule has 0 aromatic heterocycles. The first-order valence-electron chi connectivity index (χ1n) is 1.70. The molecular weight excluding hydrogens is 152 g/mol. The van der Waals surface area contributed by atoms with Crippen molar-refractivity contribution in [3.8, 4) is 0 Å². The molecule has 0 bridgehead atoms. The highest BCUT2D eigenvalue weighted by molar-refractivity contribution is 7.86. The van der Waals surface area contributed by atoms with Gasteiger partial charge in [-0.3, -0.25) is 4.55 Å². The Morgan fingerprint density at radius 2 is 2.12 bits per heavy atom. The van der Waals surface area contributed by atoms with Gasteiger partial charge in [0, 0.05) is 5.03 Å². The average molecular weight is 157 g/mol. The van der Waals surface area contributed by atoms with Crippen molar-refractivity contribution >= 4 is 21.7 Å². The fraction of sp³-hybridized carbons (Fsp3) is 0.333. The summed E-state index contributed by atoms with van der Waals surface area (Å²) in [7, 11) is -3.95. The van der Waals surface area contributed by atoms with E-state index in [0.29, 0.717) is 0 Å². The first-order valence-corrected chi connectivity index (χ1v) is 3.69. The van der Waals surface area contributed by atoms with Gasteiger partial charge in [-0.2, -0.15) is 8.42 Å². The summed E-state index contributed by atoms with van der Waals surface area (Å²) in [4.78, 5) is 0. The van der Waals surface area contributed by atoms with Crippen molar-refractivity contribution < 1.29 is 13.0 Å². The Morgan fingerprint density at radius 3 is 2.12 bits per heavy atom. The van der Waals surface area contributed by atoms with Crippen molar-refractivity contribution in [3.05, 3.63) is 11.6 Å². The maximum Gasteiger partial charge on any atom is 0.269 e. The second-order valence-electron chi connectivity index (χ2n) is 1.24. The standard InChI is InChI=1S/C3H5ClO3S/c1-3(4)2-8(5,6)7/h1-2H2,(H,5,6,7). The third-order valence-electron chi connectivity index (χ3n) is 0.339. The summed E-state index contributed by atoms with van der Waals surface area (Å²) in [6, 6.07) is 0. The van der Waals surface area contributed by atoms with E-state index in [0.717, 1.165) is 0 Å². The molecule has 0 fully saturated rings. The van der Waals surface area contributed by atoms with E-state index in [2.05, 4.69) is 6.58 Å². The van der Waals surface area contributed by atoms with E-state index in [1.165, 1.54) is 0 Å². The van der Waals surface area contributed by atoms with Crippen molar-refractivity contribution in [2.45, 2.75) is 0 Å². The quantitative estimate of drug-likeness (QED) is 0.597. The maximum absolute atomic E-state index is 9.85. The van der Waals surface area contributed by atoms with Gasteiger partial charge in [0.2, 0.25) is 0 Å². The molecule has 0 aliphatic heterocycles. The van der Waals surface area contributed by atoms with Gasteiger partial charge in [0.1, 0.15) is 5.75 Å². The van der Waals surface area contributed by atoms with Crippen LogP contribution in [0, 0.1) is 0 Å². The van der Waals surface area contributed by atoms with Gasteiger partial charge in [-0.1, -0.05) is 18.2 Å². The van der Waals surface area contributed by atoms with E-state index < -0.39 is 15.9 Å². The molecule has 0 rings (SSSR count). The molecule has 0 heterocycles. The van der Waals surface area contributed by atoms with Gasteiger partial charge < -0.3 is 0 Å². The monoisotopic (exact) mass is 156 g/mol. The molecule has 5 heteroatoms. The summed E-state index contributed by atoms with van der Waals surface area (Å²) >= 11 is 5.03. The second-order valence-corrected chi connectivity index (χ2v) is 3.23. The van der Waals surface area contributed by atoms with Gasteiger partial charge in [0.15, 0.2) is 0 Å². The third kappa shape index (κ3) is 5.94. The van der Waals surface area contributed by atoms with Crippen LogP contribution in [-0.2, 0) is 10.1 Å². The zero-order valence-corrected chi connectivity index (χ0v) is 5.54. The Kier molecular flexibility index (Phi) is 2.46. The van der Waals surface area contributed by atoms with Crippen LogP contribution in [0.1, 0.15) is 0 Å². The Bertz CT molecular complexity index is 181. The molecule has 0 spiro atoms. The molecule has 3 nitrogen and oxygen atoms in total. The third-order valence-corrected chi connectivity index (χ3v) is 1.34. The van der Waals surface area contributed by atoms with E-state index in [1.54, 1.807) is 0 Å². The van der Waals surface area contributed by atoms with Crippen LogP contribution in [0.5, 0.6) is 0 Å². The van der Waals surface area contributed by atoms with Gasteiger partial charge in [0.05, 0.1) is 0 Å². The van der Waals surface area contributed by atoms with E-state index in [-0.39, 0.29) is 5.03 Å². The lowest BCUT2D eigenvalue weighted by Gasteiger charge is -1.88. The summed E-state index contributed by atoms with van der Waals surface area (Å²) in [5, 5.41) is -0.0903. The molecule has 0 aliphatic rings. The zero-order chi connectivity index (χ0) is 6.78. The lowest BCUT2D eigenvalue weighted by molar-refractivity contribution is 0.486. The molecule has 0 saturated heterocycles. The molecule has 0 unspecified atom stereocenters. The van der Waals surface area contributed by atoms with Crippen LogP contribution in [0.2, 0.25) is 0 Å². The normalized spacial score (nSPS) is 11.2. The van der Waals surface area contributed by atoms with Crippen LogP contribution >= 0.6 is 11.6 Å². The van der Waals surface area contributed by atoms with E-state index >= 15 is 0 Å². The SMILES string of the molecule is C=C(Cl)CS(=O)(=O)O. The number of halogens is 1. The molecule has 0 aromatic rings. The van der Waals surface area contributed by atoms with Crippen LogP contribution in [0.4, 0.5) is 0 Å². The minimum absolute atomic E-state index is 0.0903. The zero-order valence-electron chi connectivity index (χ0n) is 3.96. The highest BCUT2D eigenvalue weighted by Gasteiger charge is 2.03. The highest BCUT2D eigenvalue weighted by atomic mass is 35.5. The molecule has 0 radical (unpaired) electrons. The fourth-order valence-electron chi connectivity index (χ4n) is 0.198. The van der Waals surface area contributed by atoms with Crippen molar-refractivity contribution in [2.24, 2.45) is 0 Å². The van der Waals surface area contributed by atoms with Gasteiger partial charge in [0.25, 0.3) is 10.1 Å². The maximum atomic E-state index is 9.85. The summed E-state index contributed by atoms with van der Waals surface area (Å²) in [6.45, 7) is 3.07. The van der Waals surface area contributed by atoms with Crippen LogP contribution in [0.15, 0.2) is 11.6 Å². The van der Waals surface area contributed by atoms with Gasteiger partial charge in [-0.05, 0) is 0 Å². The highest BCUT2D eigenvalue weighted by Crippen LogP contribution is 1.98. The van der Waals surface area contributed by atoms with E-state index in [1.807, 2.05) is 0 Å². The molecule has 48 valence electrons. The minimum atomic E-state index is -3.95. The Morgan fingerprint density at radius 1 is 1.75 bits per heavy atom. The Hall–Kier alpha value is -0.0600. The molecule has 0 atom stereocenters. The first-order chi connectivity index (χ1) is 3.42. The van der Waals surface area contributed by atoms with Crippen LogP contribution in [0.25, 0.3) is 0 Å². The molecule has 1 N–H and O–H groups in total. The minimum Gasteiger partial charge on any atom is -0.285 e. The summed E-state index contributed by atoms with van der Waals surface area (Å²) < 4.78 is 27.7. The largest absolute Gasteiger partial charge is 0.285 e. The van der Waals surface area contributed by atoms with Crippen molar-refractivity contribution in [1.82, 2.24) is 0 Å². The predicted molar refractivity (Wildman–Crippen MR) is 31.4 cm³/mol. The van der Waals surface area contributed by atoms with Gasteiger partial charge >= 0.3 is 0 Å². The van der Waals surface area contributed by atoms with Gasteiger partial charge in [-0.25, -0.2) is 0 Å². The van der Waals surface area contributed by atoms with Crippen molar-refractivity contribution in [1.29, 1.82) is 0 Å². The van der Waals surface area contributed by atoms with Crippen LogP contribution < -0.4 is 0 Å². The summed E-state index contributed by atoms with van der Waals surface area (Å²) in [5.74, 6) is -0.575. The molecule has 0 aromatic carbocycles. The summed E-state index contributed by atoms with van der Waals surface area (Å²) in [6.07, 6.45) is 0. The fourth-order valence-corrected chi connectivity index (χ4v) is 1.01. The van der Waals surface area contributed by atoms with Crippen LogP contribution in [-0.4, -0.2) is 18.7 Å². The summed E-state index contributed by atoms with van der Waals surface area (Å²) in [5.41, 5.74) is 0. The smallest absolute Gasteiger partial charge is 0.269 e. The lowest BCUT2D eigenvalue weighted by atomic mass is 10.8. The van der Waals surface area contributed by atoms with Crippen molar-refractivity contribution in [3.63, 3.8) is 0 Å². The van der Waals surface area contributed by atoms with E-state index in [9.17, 15) is 8.42 Å². The first kappa shape index (κ1) is 7.94. The van der Waals surface area contributed by atoms with Crippen LogP contribution in [0.3, 0.4) is 0 Å². The Labute approximate surface area is 52.7 Å². The van der Waals surface area contributed by atoms with Gasteiger partial charge in [-0.15, -0.1) is 0 Å². The predicted octanol–water partition coefficient (Wildman–Crippen LogP) is 0.627. The number of rotatable bonds is 2. The molecule has 0 saturated carbocycles. The second kappa shape index (κ2) is 2.48. The Balaban J connectivity index is 3.95. The molecule has 8 heavy (non-hydrogen) atoms. The molecule has 0 aliphatic carbocycles. The van der Waals surface area contributed by atoms with E-state index in [4.69, 9.17) is 16.2 Å². The molecule has 0 amide bonds. The number of hydrogen-bond donors (Lipinski definition) is 1. The lowest BCUT2D eigenvalue weighted by Crippen LogP contribution is -2.02. The van der Waals surface area contributed by atoms with Crippen molar-refractivity contribution in [2.75, 3.05) is 5.75 Å². The topological polar surface area (TPSA) is 54.4 Å². The molecular formula is C3H5ClO3S.